The molecule has 4 nitrogen and oxygen atoms in total. The molecule has 3 unspecified atom stereocenters. The number of hydrogen-bond donors (Lipinski definition) is 2. The first-order valence-electron chi connectivity index (χ1n) is 7.36. The molecule has 3 atom stereocenters. The lowest BCUT2D eigenvalue weighted by molar-refractivity contribution is 0.0134. The van der Waals surface area contributed by atoms with Gasteiger partial charge in [0.25, 0.3) is 0 Å². The third-order valence-corrected chi connectivity index (χ3v) is 4.15. The van der Waals surface area contributed by atoms with Gasteiger partial charge in [0.05, 0.1) is 12.2 Å². The molecule has 2 N–H and O–H groups in total. The Morgan fingerprint density at radius 2 is 2.33 bits per heavy atom. The normalized spacial score (nSPS) is 38.2. The van der Waals surface area contributed by atoms with Crippen molar-refractivity contribution < 1.29 is 9.84 Å². The minimum absolute atomic E-state index is 0.484. The van der Waals surface area contributed by atoms with Gasteiger partial charge in [0.15, 0.2) is 0 Å². The molecule has 0 saturated carbocycles. The van der Waals surface area contributed by atoms with Crippen molar-refractivity contribution in [3.63, 3.8) is 0 Å². The first kappa shape index (κ1) is 14.3. The van der Waals surface area contributed by atoms with Gasteiger partial charge >= 0.3 is 0 Å². The molecule has 2 rings (SSSR count). The molecule has 0 aromatic heterocycles. The van der Waals surface area contributed by atoms with E-state index in [9.17, 15) is 5.11 Å². The predicted octanol–water partition coefficient (Wildman–Crippen LogP) is 0.848. The SMILES string of the molecule is CCCNC1CCOCC1CN1CCC(C)(O)C1. The molecule has 0 radical (unpaired) electrons. The first-order valence-corrected chi connectivity index (χ1v) is 7.36. The van der Waals surface area contributed by atoms with Crippen molar-refractivity contribution in [2.45, 2.75) is 44.8 Å². The highest BCUT2D eigenvalue weighted by Gasteiger charge is 2.34. The molecule has 2 aliphatic heterocycles. The molecule has 0 aromatic rings. The second-order valence-corrected chi connectivity index (χ2v) is 6.17. The Labute approximate surface area is 111 Å². The highest BCUT2D eigenvalue weighted by molar-refractivity contribution is 4.89. The van der Waals surface area contributed by atoms with Crippen molar-refractivity contribution in [1.82, 2.24) is 10.2 Å². The van der Waals surface area contributed by atoms with E-state index in [1.807, 2.05) is 6.92 Å². The third kappa shape index (κ3) is 3.92. The predicted molar refractivity (Wildman–Crippen MR) is 72.7 cm³/mol. The van der Waals surface area contributed by atoms with Gasteiger partial charge in [-0.2, -0.15) is 0 Å². The zero-order valence-electron chi connectivity index (χ0n) is 11.8. The summed E-state index contributed by atoms with van der Waals surface area (Å²) in [6.45, 7) is 9.87. The molecule has 0 aliphatic carbocycles. The summed E-state index contributed by atoms with van der Waals surface area (Å²) >= 11 is 0. The third-order valence-electron chi connectivity index (χ3n) is 4.15. The Balaban J connectivity index is 1.82. The fraction of sp³-hybridized carbons (Fsp3) is 1.00. The quantitative estimate of drug-likeness (QED) is 0.765. The molecule has 18 heavy (non-hydrogen) atoms. The van der Waals surface area contributed by atoms with E-state index in [4.69, 9.17) is 4.74 Å². The van der Waals surface area contributed by atoms with Crippen molar-refractivity contribution in [2.24, 2.45) is 5.92 Å². The van der Waals surface area contributed by atoms with Crippen LogP contribution in [-0.4, -0.2) is 61.0 Å². The van der Waals surface area contributed by atoms with Gasteiger partial charge < -0.3 is 15.2 Å². The van der Waals surface area contributed by atoms with E-state index in [1.54, 1.807) is 0 Å². The van der Waals surface area contributed by atoms with Crippen molar-refractivity contribution >= 4 is 0 Å². The van der Waals surface area contributed by atoms with Crippen molar-refractivity contribution in [2.75, 3.05) is 39.4 Å². The van der Waals surface area contributed by atoms with E-state index in [0.29, 0.717) is 12.0 Å². The summed E-state index contributed by atoms with van der Waals surface area (Å²) in [5, 5.41) is 13.7. The van der Waals surface area contributed by atoms with Crippen LogP contribution in [-0.2, 0) is 4.74 Å². The maximum absolute atomic E-state index is 10.0. The average molecular weight is 256 g/mol. The van der Waals surface area contributed by atoms with Crippen LogP contribution in [0.15, 0.2) is 0 Å². The average Bonchev–Trinajstić information content (AvgIpc) is 2.68. The molecule has 106 valence electrons. The zero-order chi connectivity index (χ0) is 13.0. The summed E-state index contributed by atoms with van der Waals surface area (Å²) in [5.41, 5.74) is -0.484. The standard InChI is InChI=1S/C14H28N2O2/c1-3-6-15-13-4-8-18-10-12(13)9-16-7-5-14(2,17)11-16/h12-13,15,17H,3-11H2,1-2H3. The number of likely N-dealkylation sites (tertiary alicyclic amines) is 1. The second-order valence-electron chi connectivity index (χ2n) is 6.17. The molecule has 0 spiro atoms. The Hall–Kier alpha value is -0.160. The van der Waals surface area contributed by atoms with E-state index in [-0.39, 0.29) is 0 Å². The molecule has 2 aliphatic rings. The lowest BCUT2D eigenvalue weighted by atomic mass is 9.95. The highest BCUT2D eigenvalue weighted by atomic mass is 16.5. The summed E-state index contributed by atoms with van der Waals surface area (Å²) < 4.78 is 5.63. The van der Waals surface area contributed by atoms with E-state index < -0.39 is 5.60 Å². The van der Waals surface area contributed by atoms with E-state index in [0.717, 1.165) is 52.2 Å². The maximum atomic E-state index is 10.0. The molecule has 0 aromatic carbocycles. The van der Waals surface area contributed by atoms with Gasteiger partial charge in [-0.25, -0.2) is 0 Å². The van der Waals surface area contributed by atoms with E-state index in [2.05, 4.69) is 17.1 Å². The maximum Gasteiger partial charge on any atom is 0.0758 e. The van der Waals surface area contributed by atoms with Crippen molar-refractivity contribution in [1.29, 1.82) is 0 Å². The van der Waals surface area contributed by atoms with Crippen LogP contribution in [0.3, 0.4) is 0 Å². The van der Waals surface area contributed by atoms with Gasteiger partial charge in [-0.05, 0) is 32.7 Å². The molecule has 2 fully saturated rings. The summed E-state index contributed by atoms with van der Waals surface area (Å²) in [4.78, 5) is 2.39. The lowest BCUT2D eigenvalue weighted by Gasteiger charge is -2.35. The topological polar surface area (TPSA) is 44.7 Å². The van der Waals surface area contributed by atoms with Crippen LogP contribution in [0.25, 0.3) is 0 Å². The second kappa shape index (κ2) is 6.33. The fourth-order valence-electron chi connectivity index (χ4n) is 3.10. The summed E-state index contributed by atoms with van der Waals surface area (Å²) in [7, 11) is 0. The molecule has 0 bridgehead atoms. The van der Waals surface area contributed by atoms with Crippen LogP contribution in [0, 0.1) is 5.92 Å². The van der Waals surface area contributed by atoms with Crippen LogP contribution in [0.2, 0.25) is 0 Å². The van der Waals surface area contributed by atoms with Crippen LogP contribution in [0.5, 0.6) is 0 Å². The van der Waals surface area contributed by atoms with Crippen LogP contribution >= 0.6 is 0 Å². The fourth-order valence-corrected chi connectivity index (χ4v) is 3.10. The van der Waals surface area contributed by atoms with E-state index >= 15 is 0 Å². The van der Waals surface area contributed by atoms with Gasteiger partial charge in [-0.15, -0.1) is 0 Å². The number of rotatable bonds is 5. The Bertz CT molecular complexity index is 258. The molecule has 2 saturated heterocycles. The van der Waals surface area contributed by atoms with Crippen molar-refractivity contribution in [3.8, 4) is 0 Å². The number of nitrogens with zero attached hydrogens (tertiary/aromatic N) is 1. The van der Waals surface area contributed by atoms with Crippen LogP contribution < -0.4 is 5.32 Å². The molecule has 0 amide bonds. The molecular formula is C14H28N2O2. The monoisotopic (exact) mass is 256 g/mol. The van der Waals surface area contributed by atoms with Gasteiger partial charge in [0.2, 0.25) is 0 Å². The highest BCUT2D eigenvalue weighted by Crippen LogP contribution is 2.23. The van der Waals surface area contributed by atoms with Gasteiger partial charge in [-0.1, -0.05) is 6.92 Å². The smallest absolute Gasteiger partial charge is 0.0758 e. The summed E-state index contributed by atoms with van der Waals surface area (Å²) in [6.07, 6.45) is 3.20. The zero-order valence-corrected chi connectivity index (χ0v) is 11.8. The molecule has 2 heterocycles. The number of ether oxygens (including phenoxy) is 1. The minimum Gasteiger partial charge on any atom is -0.389 e. The Kier molecular flexibility index (Phi) is 5.01. The number of β-amino-alcohol motifs (C(OH)–C–C–N with tert-alkyl or cyclic N) is 1. The number of aliphatic hydroxyl groups is 1. The largest absolute Gasteiger partial charge is 0.389 e. The van der Waals surface area contributed by atoms with Gasteiger partial charge in [-0.3, -0.25) is 4.90 Å². The van der Waals surface area contributed by atoms with Crippen molar-refractivity contribution in [3.05, 3.63) is 0 Å². The molecular weight excluding hydrogens is 228 g/mol. The Morgan fingerprint density at radius 3 is 3.00 bits per heavy atom. The first-order chi connectivity index (χ1) is 8.61. The molecule has 4 heteroatoms. The van der Waals surface area contributed by atoms with E-state index in [1.165, 1.54) is 6.42 Å². The summed E-state index contributed by atoms with van der Waals surface area (Å²) in [6, 6.07) is 0.587. The Morgan fingerprint density at radius 1 is 1.50 bits per heavy atom. The summed E-state index contributed by atoms with van der Waals surface area (Å²) in [5.74, 6) is 0.569. The van der Waals surface area contributed by atoms with Crippen LogP contribution in [0.4, 0.5) is 0 Å². The number of hydrogen-bond acceptors (Lipinski definition) is 4. The number of nitrogens with one attached hydrogen (secondary N) is 1. The lowest BCUT2D eigenvalue weighted by Crippen LogP contribution is -2.48. The van der Waals surface area contributed by atoms with Gasteiger partial charge in [0, 0.05) is 38.2 Å². The van der Waals surface area contributed by atoms with Crippen LogP contribution in [0.1, 0.15) is 33.1 Å². The van der Waals surface area contributed by atoms with Gasteiger partial charge in [0.1, 0.15) is 0 Å². The minimum atomic E-state index is -0.484.